The summed E-state index contributed by atoms with van der Waals surface area (Å²) in [5, 5.41) is 6.54. The molecule has 2 N–H and O–H groups in total. The Hall–Kier alpha value is -3.19. The summed E-state index contributed by atoms with van der Waals surface area (Å²) < 4.78 is 5.64. The molecule has 7 heteroatoms. The highest BCUT2D eigenvalue weighted by Gasteiger charge is 2.27. The van der Waals surface area contributed by atoms with Gasteiger partial charge in [0.15, 0.2) is 0 Å². The van der Waals surface area contributed by atoms with E-state index in [0.717, 1.165) is 36.1 Å². The van der Waals surface area contributed by atoms with E-state index in [1.165, 1.54) is 16.2 Å². The van der Waals surface area contributed by atoms with E-state index in [0.29, 0.717) is 22.7 Å². The van der Waals surface area contributed by atoms with Crippen molar-refractivity contribution in [1.82, 2.24) is 10.3 Å². The summed E-state index contributed by atoms with van der Waals surface area (Å²) in [5.41, 5.74) is 3.10. The Morgan fingerprint density at radius 1 is 1.13 bits per heavy atom. The zero-order valence-corrected chi connectivity index (χ0v) is 18.4. The number of carbonyl (C=O) groups excluding carboxylic acids is 2. The van der Waals surface area contributed by atoms with Gasteiger partial charge < -0.3 is 15.4 Å². The maximum atomic E-state index is 13.0. The average molecular weight is 436 g/mol. The first-order chi connectivity index (χ1) is 15.0. The van der Waals surface area contributed by atoms with Crippen molar-refractivity contribution in [2.45, 2.75) is 45.8 Å². The van der Waals surface area contributed by atoms with Gasteiger partial charge in [-0.05, 0) is 74.6 Å². The number of carbonyl (C=O) groups is 2. The highest BCUT2D eigenvalue weighted by molar-refractivity contribution is 7.17. The number of hydrogen-bond donors (Lipinski definition) is 2. The Morgan fingerprint density at radius 2 is 1.94 bits per heavy atom. The number of ether oxygens (including phenoxy) is 1. The Kier molecular flexibility index (Phi) is 6.32. The van der Waals surface area contributed by atoms with Crippen molar-refractivity contribution in [2.75, 3.05) is 5.32 Å². The lowest BCUT2D eigenvalue weighted by Crippen LogP contribution is -2.25. The SMILES string of the molecule is CC(C)Oc1ccc(C(=O)Nc2sc3c(c2C(=O)NCc2cccnc2)CCC3)cc1. The average Bonchev–Trinajstić information content (AvgIpc) is 3.33. The Balaban J connectivity index is 1.50. The number of thiophene rings is 1. The molecule has 0 atom stereocenters. The summed E-state index contributed by atoms with van der Waals surface area (Å²) in [5.74, 6) is 0.314. The van der Waals surface area contributed by atoms with Crippen LogP contribution in [0.15, 0.2) is 48.8 Å². The molecule has 1 aromatic carbocycles. The number of benzene rings is 1. The van der Waals surface area contributed by atoms with Crippen LogP contribution >= 0.6 is 11.3 Å². The standard InChI is InChI=1S/C24H25N3O3S/c1-15(2)30-18-10-8-17(9-11-18)22(28)27-24-21(19-6-3-7-20(19)31-24)23(29)26-14-16-5-4-12-25-13-16/h4-5,8-13,15H,3,6-7,14H2,1-2H3,(H,26,29)(H,27,28). The second-order valence-corrected chi connectivity index (χ2v) is 8.86. The molecule has 2 aromatic heterocycles. The maximum absolute atomic E-state index is 13.0. The summed E-state index contributed by atoms with van der Waals surface area (Å²) in [7, 11) is 0. The van der Waals surface area contributed by atoms with Crippen LogP contribution < -0.4 is 15.4 Å². The predicted molar refractivity (Wildman–Crippen MR) is 122 cm³/mol. The topological polar surface area (TPSA) is 80.3 Å². The van der Waals surface area contributed by atoms with Crippen molar-refractivity contribution in [3.63, 3.8) is 0 Å². The molecule has 0 spiro atoms. The van der Waals surface area contributed by atoms with Crippen molar-refractivity contribution in [3.05, 3.63) is 75.9 Å². The zero-order chi connectivity index (χ0) is 21.8. The van der Waals surface area contributed by atoms with Gasteiger partial charge >= 0.3 is 0 Å². The van der Waals surface area contributed by atoms with Crippen LogP contribution in [0.3, 0.4) is 0 Å². The molecular weight excluding hydrogens is 410 g/mol. The van der Waals surface area contributed by atoms with E-state index in [9.17, 15) is 9.59 Å². The van der Waals surface area contributed by atoms with Crippen molar-refractivity contribution in [3.8, 4) is 5.75 Å². The van der Waals surface area contributed by atoms with Gasteiger partial charge in [-0.1, -0.05) is 6.07 Å². The van der Waals surface area contributed by atoms with Gasteiger partial charge in [0.2, 0.25) is 0 Å². The fourth-order valence-corrected chi connectivity index (χ4v) is 4.92. The summed E-state index contributed by atoms with van der Waals surface area (Å²) in [6.45, 7) is 4.30. The van der Waals surface area contributed by atoms with Gasteiger partial charge in [-0.15, -0.1) is 11.3 Å². The number of anilines is 1. The van der Waals surface area contributed by atoms with Gasteiger partial charge in [-0.25, -0.2) is 0 Å². The molecule has 0 unspecified atom stereocenters. The van der Waals surface area contributed by atoms with Gasteiger partial charge in [0.1, 0.15) is 10.8 Å². The molecule has 0 saturated heterocycles. The highest BCUT2D eigenvalue weighted by Crippen LogP contribution is 2.39. The third-order valence-corrected chi connectivity index (χ3v) is 6.25. The number of fused-ring (bicyclic) bond motifs is 1. The van der Waals surface area contributed by atoms with Gasteiger partial charge in [-0.3, -0.25) is 14.6 Å². The quantitative estimate of drug-likeness (QED) is 0.568. The molecule has 0 saturated carbocycles. The lowest BCUT2D eigenvalue weighted by molar-refractivity contribution is 0.0951. The highest BCUT2D eigenvalue weighted by atomic mass is 32.1. The third-order valence-electron chi connectivity index (χ3n) is 5.04. The minimum Gasteiger partial charge on any atom is -0.491 e. The third kappa shape index (κ3) is 4.94. The van der Waals surface area contributed by atoms with E-state index in [-0.39, 0.29) is 17.9 Å². The van der Waals surface area contributed by atoms with Crippen LogP contribution in [-0.2, 0) is 19.4 Å². The molecule has 0 bridgehead atoms. The number of hydrogen-bond acceptors (Lipinski definition) is 5. The van der Waals surface area contributed by atoms with Gasteiger partial charge in [0.25, 0.3) is 11.8 Å². The maximum Gasteiger partial charge on any atom is 0.256 e. The molecular formula is C24H25N3O3S. The van der Waals surface area contributed by atoms with Crippen LogP contribution in [0, 0.1) is 0 Å². The van der Waals surface area contributed by atoms with Crippen molar-refractivity contribution >= 4 is 28.2 Å². The molecule has 2 heterocycles. The summed E-state index contributed by atoms with van der Waals surface area (Å²) in [4.78, 5) is 31.1. The van der Waals surface area contributed by atoms with E-state index in [1.807, 2.05) is 26.0 Å². The summed E-state index contributed by atoms with van der Waals surface area (Å²) in [6.07, 6.45) is 6.34. The molecule has 0 aliphatic heterocycles. The largest absolute Gasteiger partial charge is 0.491 e. The number of amides is 2. The smallest absolute Gasteiger partial charge is 0.256 e. The molecule has 31 heavy (non-hydrogen) atoms. The zero-order valence-electron chi connectivity index (χ0n) is 17.6. The number of nitrogens with zero attached hydrogens (tertiary/aromatic N) is 1. The fourth-order valence-electron chi connectivity index (χ4n) is 3.64. The number of nitrogens with one attached hydrogen (secondary N) is 2. The molecule has 1 aliphatic rings. The number of rotatable bonds is 7. The van der Waals surface area contributed by atoms with E-state index < -0.39 is 0 Å². The minimum absolute atomic E-state index is 0.0703. The van der Waals surface area contributed by atoms with Crippen LogP contribution in [-0.4, -0.2) is 22.9 Å². The number of pyridine rings is 1. The van der Waals surface area contributed by atoms with Crippen molar-refractivity contribution in [2.24, 2.45) is 0 Å². The second kappa shape index (κ2) is 9.31. The monoisotopic (exact) mass is 435 g/mol. The predicted octanol–water partition coefficient (Wildman–Crippen LogP) is 4.60. The van der Waals surface area contributed by atoms with Crippen molar-refractivity contribution < 1.29 is 14.3 Å². The van der Waals surface area contributed by atoms with E-state index in [2.05, 4.69) is 15.6 Å². The molecule has 0 fully saturated rings. The molecule has 2 amide bonds. The van der Waals surface area contributed by atoms with Crippen LogP contribution in [0.2, 0.25) is 0 Å². The molecule has 0 radical (unpaired) electrons. The Morgan fingerprint density at radius 3 is 2.65 bits per heavy atom. The number of aryl methyl sites for hydroxylation is 1. The molecule has 4 rings (SSSR count). The van der Waals surface area contributed by atoms with E-state index >= 15 is 0 Å². The van der Waals surface area contributed by atoms with E-state index in [4.69, 9.17) is 4.74 Å². The second-order valence-electron chi connectivity index (χ2n) is 7.75. The first-order valence-electron chi connectivity index (χ1n) is 10.4. The normalized spacial score (nSPS) is 12.5. The first-order valence-corrected chi connectivity index (χ1v) is 11.2. The lowest BCUT2D eigenvalue weighted by Gasteiger charge is -2.11. The summed E-state index contributed by atoms with van der Waals surface area (Å²) >= 11 is 1.50. The molecule has 3 aromatic rings. The van der Waals surface area contributed by atoms with Gasteiger partial charge in [0, 0.05) is 29.4 Å². The van der Waals surface area contributed by atoms with Crippen LogP contribution in [0.5, 0.6) is 5.75 Å². The molecule has 160 valence electrons. The number of aromatic nitrogens is 1. The van der Waals surface area contributed by atoms with Gasteiger partial charge in [-0.2, -0.15) is 0 Å². The summed E-state index contributed by atoms with van der Waals surface area (Å²) in [6, 6.07) is 10.8. The minimum atomic E-state index is -0.239. The Labute approximate surface area is 185 Å². The van der Waals surface area contributed by atoms with Gasteiger partial charge in [0.05, 0.1) is 11.7 Å². The first kappa shape index (κ1) is 21.1. The molecule has 1 aliphatic carbocycles. The van der Waals surface area contributed by atoms with Crippen LogP contribution in [0.1, 0.15) is 57.0 Å². The van der Waals surface area contributed by atoms with Crippen molar-refractivity contribution in [1.29, 1.82) is 0 Å². The fraction of sp³-hybridized carbons (Fsp3) is 0.292. The lowest BCUT2D eigenvalue weighted by atomic mass is 10.1. The molecule has 6 nitrogen and oxygen atoms in total. The van der Waals surface area contributed by atoms with Crippen LogP contribution in [0.25, 0.3) is 0 Å². The van der Waals surface area contributed by atoms with E-state index in [1.54, 1.807) is 36.7 Å². The van der Waals surface area contributed by atoms with Crippen LogP contribution in [0.4, 0.5) is 5.00 Å². The Bertz CT molecular complexity index is 1080.